The Morgan fingerprint density at radius 1 is 1.33 bits per heavy atom. The van der Waals surface area contributed by atoms with Crippen molar-refractivity contribution in [1.29, 1.82) is 5.26 Å². The van der Waals surface area contributed by atoms with Crippen LogP contribution in [0.1, 0.15) is 45.6 Å². The van der Waals surface area contributed by atoms with E-state index >= 15 is 0 Å². The van der Waals surface area contributed by atoms with E-state index in [1.807, 2.05) is 0 Å². The van der Waals surface area contributed by atoms with E-state index in [2.05, 4.69) is 75.3 Å². The lowest BCUT2D eigenvalue weighted by molar-refractivity contribution is 0.337. The van der Waals surface area contributed by atoms with Crippen LogP contribution >= 0.6 is 0 Å². The van der Waals surface area contributed by atoms with Crippen molar-refractivity contribution in [2.45, 2.75) is 58.5 Å². The van der Waals surface area contributed by atoms with Crippen LogP contribution in [0.4, 0.5) is 5.69 Å². The summed E-state index contributed by atoms with van der Waals surface area (Å²) in [6, 6.07) is 11.3. The highest BCUT2D eigenvalue weighted by Crippen LogP contribution is 2.21. The molecule has 0 fully saturated rings. The Hall–Kier alpha value is -1.53. The molecule has 0 amide bonds. The average molecular weight is 287 g/mol. The molecule has 116 valence electrons. The molecule has 3 nitrogen and oxygen atoms in total. The summed E-state index contributed by atoms with van der Waals surface area (Å²) in [7, 11) is 2.12. The van der Waals surface area contributed by atoms with Gasteiger partial charge in [-0.2, -0.15) is 5.26 Å². The minimum absolute atomic E-state index is 0.332. The van der Waals surface area contributed by atoms with Crippen LogP contribution in [0.2, 0.25) is 0 Å². The monoisotopic (exact) mass is 287 g/mol. The lowest BCUT2D eigenvalue weighted by atomic mass is 9.91. The van der Waals surface area contributed by atoms with Gasteiger partial charge in [-0.25, -0.2) is 0 Å². The van der Waals surface area contributed by atoms with Gasteiger partial charge in [-0.05, 0) is 51.7 Å². The van der Waals surface area contributed by atoms with E-state index in [9.17, 15) is 5.26 Å². The second-order valence-corrected chi connectivity index (χ2v) is 6.16. The summed E-state index contributed by atoms with van der Waals surface area (Å²) in [6.07, 6.45) is 2.73. The molecule has 3 heteroatoms. The summed E-state index contributed by atoms with van der Waals surface area (Å²) >= 11 is 0. The third-order valence-corrected chi connectivity index (χ3v) is 4.01. The van der Waals surface area contributed by atoms with Crippen LogP contribution < -0.4 is 10.2 Å². The highest BCUT2D eigenvalue weighted by atomic mass is 15.1. The van der Waals surface area contributed by atoms with Crippen LogP contribution in [0.5, 0.6) is 0 Å². The number of aryl methyl sites for hydroxylation is 1. The summed E-state index contributed by atoms with van der Waals surface area (Å²) in [6.45, 7) is 9.39. The van der Waals surface area contributed by atoms with E-state index in [-0.39, 0.29) is 5.54 Å². The fourth-order valence-corrected chi connectivity index (χ4v) is 2.80. The molecule has 0 bridgehead atoms. The molecule has 0 spiro atoms. The Bertz CT molecular complexity index is 476. The molecule has 1 aromatic rings. The number of hydrogen-bond donors (Lipinski definition) is 1. The minimum atomic E-state index is -0.388. The lowest BCUT2D eigenvalue weighted by Crippen LogP contribution is -2.47. The normalized spacial score (nSPS) is 13.8. The first-order valence-corrected chi connectivity index (χ1v) is 7.90. The van der Waals surface area contributed by atoms with Gasteiger partial charge >= 0.3 is 0 Å². The van der Waals surface area contributed by atoms with Gasteiger partial charge < -0.3 is 4.90 Å². The van der Waals surface area contributed by atoms with Gasteiger partial charge in [-0.1, -0.05) is 25.1 Å². The molecule has 1 aromatic carbocycles. The van der Waals surface area contributed by atoms with Crippen molar-refractivity contribution in [2.75, 3.05) is 18.5 Å². The number of rotatable bonds is 8. The largest absolute Gasteiger partial charge is 0.374 e. The third-order valence-electron chi connectivity index (χ3n) is 4.01. The molecule has 1 rings (SSSR count). The summed E-state index contributed by atoms with van der Waals surface area (Å²) < 4.78 is 0. The molecule has 0 saturated carbocycles. The molecule has 0 aromatic heterocycles. The van der Waals surface area contributed by atoms with E-state index in [0.29, 0.717) is 6.04 Å². The topological polar surface area (TPSA) is 39.1 Å². The maximum absolute atomic E-state index is 9.53. The lowest BCUT2D eigenvalue weighted by Gasteiger charge is -2.30. The zero-order valence-electron chi connectivity index (χ0n) is 14.1. The Balaban J connectivity index is 2.59. The molecule has 1 N–H and O–H groups in total. The standard InChI is InChI=1S/C18H29N3/c1-6-18(14-19,20-15(2)3)12-9-13-21(5)17-11-8-7-10-16(17)4/h7-8,10-11,15,20H,6,9,12-13H2,1-5H3. The van der Waals surface area contributed by atoms with Gasteiger partial charge in [0.1, 0.15) is 5.54 Å². The molecule has 0 heterocycles. The minimum Gasteiger partial charge on any atom is -0.374 e. The van der Waals surface area contributed by atoms with Crippen LogP contribution in [0.3, 0.4) is 0 Å². The van der Waals surface area contributed by atoms with Gasteiger partial charge in [-0.3, -0.25) is 5.32 Å². The number of para-hydroxylation sites is 1. The Morgan fingerprint density at radius 2 is 2.00 bits per heavy atom. The predicted molar refractivity (Wildman–Crippen MR) is 90.6 cm³/mol. The van der Waals surface area contributed by atoms with Crippen LogP contribution in [-0.2, 0) is 0 Å². The predicted octanol–water partition coefficient (Wildman–Crippen LogP) is 3.88. The Morgan fingerprint density at radius 3 is 2.52 bits per heavy atom. The quantitative estimate of drug-likeness (QED) is 0.788. The third kappa shape index (κ3) is 5.06. The van der Waals surface area contributed by atoms with Crippen molar-refractivity contribution < 1.29 is 0 Å². The Labute approximate surface area is 130 Å². The zero-order valence-corrected chi connectivity index (χ0v) is 14.1. The molecule has 0 aliphatic rings. The van der Waals surface area contributed by atoms with Gasteiger partial charge in [0.05, 0.1) is 6.07 Å². The fourth-order valence-electron chi connectivity index (χ4n) is 2.80. The highest BCUT2D eigenvalue weighted by molar-refractivity contribution is 5.52. The molecule has 1 atom stereocenters. The summed E-state index contributed by atoms with van der Waals surface area (Å²) in [4.78, 5) is 2.28. The van der Waals surface area contributed by atoms with E-state index < -0.39 is 0 Å². The molecule has 21 heavy (non-hydrogen) atoms. The van der Waals surface area contributed by atoms with E-state index in [1.54, 1.807) is 0 Å². The van der Waals surface area contributed by atoms with Crippen molar-refractivity contribution >= 4 is 5.69 Å². The van der Waals surface area contributed by atoms with Crippen LogP contribution in [0.25, 0.3) is 0 Å². The smallest absolute Gasteiger partial charge is 0.106 e. The summed E-state index contributed by atoms with van der Waals surface area (Å²) in [5.74, 6) is 0. The molecule has 0 aliphatic carbocycles. The van der Waals surface area contributed by atoms with Gasteiger partial charge in [0.25, 0.3) is 0 Å². The molecule has 0 aliphatic heterocycles. The van der Waals surface area contributed by atoms with Gasteiger partial charge in [0.15, 0.2) is 0 Å². The number of nitriles is 1. The second-order valence-electron chi connectivity index (χ2n) is 6.16. The van der Waals surface area contributed by atoms with E-state index in [4.69, 9.17) is 0 Å². The maximum Gasteiger partial charge on any atom is 0.106 e. The SMILES string of the molecule is CCC(C#N)(CCCN(C)c1ccccc1C)NC(C)C. The molecule has 0 radical (unpaired) electrons. The van der Waals surface area contributed by atoms with Crippen LogP contribution in [0.15, 0.2) is 24.3 Å². The fraction of sp³-hybridized carbons (Fsp3) is 0.611. The van der Waals surface area contributed by atoms with Gasteiger partial charge in [-0.15, -0.1) is 0 Å². The molecular weight excluding hydrogens is 258 g/mol. The molecule has 1 unspecified atom stereocenters. The average Bonchev–Trinajstić information content (AvgIpc) is 2.46. The van der Waals surface area contributed by atoms with E-state index in [1.165, 1.54) is 11.3 Å². The Kier molecular flexibility index (Phi) is 6.71. The zero-order chi connectivity index (χ0) is 15.9. The van der Waals surface area contributed by atoms with Crippen LogP contribution in [0, 0.1) is 18.3 Å². The summed E-state index contributed by atoms with van der Waals surface area (Å²) in [5, 5.41) is 13.0. The first-order valence-electron chi connectivity index (χ1n) is 7.90. The number of nitrogens with zero attached hydrogens (tertiary/aromatic N) is 2. The van der Waals surface area contributed by atoms with Crippen molar-refractivity contribution in [3.8, 4) is 6.07 Å². The molecule has 0 saturated heterocycles. The van der Waals surface area contributed by atoms with Crippen LogP contribution in [-0.4, -0.2) is 25.2 Å². The van der Waals surface area contributed by atoms with Gasteiger partial charge in [0.2, 0.25) is 0 Å². The van der Waals surface area contributed by atoms with Crippen molar-refractivity contribution in [3.63, 3.8) is 0 Å². The number of anilines is 1. The maximum atomic E-state index is 9.53. The van der Waals surface area contributed by atoms with Gasteiger partial charge in [0, 0.05) is 25.3 Å². The second kappa shape index (κ2) is 8.05. The highest BCUT2D eigenvalue weighted by Gasteiger charge is 2.27. The van der Waals surface area contributed by atoms with Crippen molar-refractivity contribution in [1.82, 2.24) is 5.32 Å². The van der Waals surface area contributed by atoms with Crippen molar-refractivity contribution in [2.24, 2.45) is 0 Å². The van der Waals surface area contributed by atoms with E-state index in [0.717, 1.165) is 25.8 Å². The first-order chi connectivity index (χ1) is 9.94. The number of benzene rings is 1. The van der Waals surface area contributed by atoms with Crippen molar-refractivity contribution in [3.05, 3.63) is 29.8 Å². The number of nitrogens with one attached hydrogen (secondary N) is 1. The number of hydrogen-bond acceptors (Lipinski definition) is 3. The first kappa shape index (κ1) is 17.5. The molecular formula is C18H29N3. The summed E-state index contributed by atoms with van der Waals surface area (Å²) in [5.41, 5.74) is 2.18.